The SMILES string of the molecule is Cc1ccccc1N1CCC(N2CCCC(CCC(=O)Nc3ccccc3F)C2)CC1. The Labute approximate surface area is 185 Å². The van der Waals surface area contributed by atoms with Gasteiger partial charge in [-0.3, -0.25) is 9.69 Å². The van der Waals surface area contributed by atoms with Crippen LogP contribution in [-0.2, 0) is 4.79 Å². The normalized spacial score (nSPS) is 20.6. The third-order valence-corrected chi connectivity index (χ3v) is 6.92. The van der Waals surface area contributed by atoms with Crippen molar-refractivity contribution in [1.29, 1.82) is 0 Å². The molecule has 0 bridgehead atoms. The zero-order chi connectivity index (χ0) is 21.6. The third kappa shape index (κ3) is 5.65. The van der Waals surface area contributed by atoms with Gasteiger partial charge < -0.3 is 10.2 Å². The molecule has 1 N–H and O–H groups in total. The first-order valence-electron chi connectivity index (χ1n) is 11.7. The summed E-state index contributed by atoms with van der Waals surface area (Å²) in [5, 5.41) is 2.72. The van der Waals surface area contributed by atoms with E-state index in [1.807, 2.05) is 0 Å². The van der Waals surface area contributed by atoms with E-state index in [0.29, 0.717) is 18.4 Å². The number of rotatable bonds is 6. The van der Waals surface area contributed by atoms with E-state index in [1.165, 1.54) is 49.5 Å². The van der Waals surface area contributed by atoms with Crippen molar-refractivity contribution in [2.24, 2.45) is 5.92 Å². The molecule has 1 amide bonds. The number of hydrogen-bond donors (Lipinski definition) is 1. The summed E-state index contributed by atoms with van der Waals surface area (Å²) in [4.78, 5) is 17.5. The van der Waals surface area contributed by atoms with Crippen LogP contribution in [0.4, 0.5) is 15.8 Å². The van der Waals surface area contributed by atoms with Gasteiger partial charge in [0.2, 0.25) is 5.91 Å². The van der Waals surface area contributed by atoms with Gasteiger partial charge in [-0.2, -0.15) is 0 Å². The second kappa shape index (κ2) is 10.3. The van der Waals surface area contributed by atoms with Crippen molar-refractivity contribution < 1.29 is 9.18 Å². The molecule has 0 aliphatic carbocycles. The Morgan fingerprint density at radius 3 is 2.55 bits per heavy atom. The Kier molecular flexibility index (Phi) is 7.23. The number of hydrogen-bond acceptors (Lipinski definition) is 3. The molecule has 31 heavy (non-hydrogen) atoms. The van der Waals surface area contributed by atoms with Crippen LogP contribution in [0.3, 0.4) is 0 Å². The molecule has 1 unspecified atom stereocenters. The average Bonchev–Trinajstić information content (AvgIpc) is 2.80. The van der Waals surface area contributed by atoms with E-state index in [2.05, 4.69) is 46.3 Å². The molecule has 2 aliphatic heterocycles. The first-order valence-corrected chi connectivity index (χ1v) is 11.7. The Balaban J connectivity index is 1.23. The number of aryl methyl sites for hydroxylation is 1. The first-order chi connectivity index (χ1) is 15.1. The molecule has 2 heterocycles. The van der Waals surface area contributed by atoms with E-state index < -0.39 is 0 Å². The molecule has 2 aliphatic rings. The molecule has 2 fully saturated rings. The average molecular weight is 424 g/mol. The Hall–Kier alpha value is -2.40. The maximum absolute atomic E-state index is 13.7. The van der Waals surface area contributed by atoms with Crippen LogP contribution < -0.4 is 10.2 Å². The zero-order valence-corrected chi connectivity index (χ0v) is 18.5. The summed E-state index contributed by atoms with van der Waals surface area (Å²) in [6.45, 7) is 6.68. The second-order valence-electron chi connectivity index (χ2n) is 9.07. The van der Waals surface area contributed by atoms with Crippen LogP contribution in [0.2, 0.25) is 0 Å². The summed E-state index contributed by atoms with van der Waals surface area (Å²) in [5.74, 6) is 0.0833. The van der Waals surface area contributed by atoms with Gasteiger partial charge in [0.15, 0.2) is 0 Å². The van der Waals surface area contributed by atoms with Gasteiger partial charge in [0, 0.05) is 37.8 Å². The van der Waals surface area contributed by atoms with Gasteiger partial charge in [-0.1, -0.05) is 30.3 Å². The fourth-order valence-corrected chi connectivity index (χ4v) is 5.17. The number of nitrogens with one attached hydrogen (secondary N) is 1. The number of carbonyl (C=O) groups excluding carboxylic acids is 1. The molecule has 0 radical (unpaired) electrons. The summed E-state index contributed by atoms with van der Waals surface area (Å²) in [5.41, 5.74) is 3.00. The van der Waals surface area contributed by atoms with E-state index >= 15 is 0 Å². The number of likely N-dealkylation sites (tertiary alicyclic amines) is 1. The summed E-state index contributed by atoms with van der Waals surface area (Å²) in [6.07, 6.45) is 6.13. The second-order valence-corrected chi connectivity index (χ2v) is 9.07. The number of benzene rings is 2. The number of carbonyl (C=O) groups is 1. The lowest BCUT2D eigenvalue weighted by Crippen LogP contribution is -2.48. The van der Waals surface area contributed by atoms with Crippen molar-refractivity contribution in [1.82, 2.24) is 4.90 Å². The minimum atomic E-state index is -0.378. The number of amides is 1. The van der Waals surface area contributed by atoms with Crippen molar-refractivity contribution in [3.05, 3.63) is 59.9 Å². The Bertz CT molecular complexity index is 878. The highest BCUT2D eigenvalue weighted by molar-refractivity contribution is 5.90. The van der Waals surface area contributed by atoms with Crippen LogP contribution in [0.5, 0.6) is 0 Å². The summed E-state index contributed by atoms with van der Waals surface area (Å²) >= 11 is 0. The van der Waals surface area contributed by atoms with Gasteiger partial charge in [-0.15, -0.1) is 0 Å². The molecule has 2 saturated heterocycles. The molecular formula is C26H34FN3O. The molecule has 4 nitrogen and oxygen atoms in total. The van der Waals surface area contributed by atoms with Gasteiger partial charge in [0.1, 0.15) is 5.82 Å². The standard InChI is InChI=1S/C26H34FN3O/c1-20-7-2-5-11-25(20)29-17-14-22(15-18-29)30-16-6-8-21(19-30)12-13-26(31)28-24-10-4-3-9-23(24)27/h2-5,7,9-11,21-22H,6,8,12-19H2,1H3,(H,28,31). The lowest BCUT2D eigenvalue weighted by atomic mass is 9.90. The van der Waals surface area contributed by atoms with E-state index in [-0.39, 0.29) is 17.4 Å². The van der Waals surface area contributed by atoms with Crippen molar-refractivity contribution in [3.63, 3.8) is 0 Å². The third-order valence-electron chi connectivity index (χ3n) is 6.92. The summed E-state index contributed by atoms with van der Waals surface area (Å²) in [7, 11) is 0. The quantitative estimate of drug-likeness (QED) is 0.691. The van der Waals surface area contributed by atoms with E-state index in [9.17, 15) is 9.18 Å². The van der Waals surface area contributed by atoms with Gasteiger partial charge >= 0.3 is 0 Å². The molecule has 1 atom stereocenters. The number of para-hydroxylation sites is 2. The molecular weight excluding hydrogens is 389 g/mol. The van der Waals surface area contributed by atoms with Crippen molar-refractivity contribution in [3.8, 4) is 0 Å². The fourth-order valence-electron chi connectivity index (χ4n) is 5.17. The summed E-state index contributed by atoms with van der Waals surface area (Å²) in [6, 6.07) is 15.7. The molecule has 4 rings (SSSR count). The predicted molar refractivity (Wildman–Crippen MR) is 125 cm³/mol. The number of halogens is 1. The molecule has 166 valence electrons. The molecule has 0 saturated carbocycles. The fraction of sp³-hybridized carbons (Fsp3) is 0.500. The predicted octanol–water partition coefficient (Wildman–Crippen LogP) is 5.23. The molecule has 0 spiro atoms. The van der Waals surface area contributed by atoms with Crippen molar-refractivity contribution in [2.75, 3.05) is 36.4 Å². The van der Waals surface area contributed by atoms with E-state index in [1.54, 1.807) is 18.2 Å². The smallest absolute Gasteiger partial charge is 0.224 e. The highest BCUT2D eigenvalue weighted by Crippen LogP contribution is 2.29. The Morgan fingerprint density at radius 2 is 1.77 bits per heavy atom. The van der Waals surface area contributed by atoms with Crippen molar-refractivity contribution >= 4 is 17.3 Å². The van der Waals surface area contributed by atoms with Crippen LogP contribution in [0.1, 0.15) is 44.1 Å². The van der Waals surface area contributed by atoms with Gasteiger partial charge in [-0.25, -0.2) is 4.39 Å². The number of anilines is 2. The highest BCUT2D eigenvalue weighted by atomic mass is 19.1. The lowest BCUT2D eigenvalue weighted by Gasteiger charge is -2.43. The van der Waals surface area contributed by atoms with Crippen LogP contribution in [0.15, 0.2) is 48.5 Å². The van der Waals surface area contributed by atoms with E-state index in [0.717, 1.165) is 26.1 Å². The van der Waals surface area contributed by atoms with Crippen molar-refractivity contribution in [2.45, 2.75) is 51.5 Å². The minimum absolute atomic E-state index is 0.0891. The summed E-state index contributed by atoms with van der Waals surface area (Å²) < 4.78 is 13.7. The first kappa shape index (κ1) is 21.8. The van der Waals surface area contributed by atoms with Gasteiger partial charge in [0.25, 0.3) is 0 Å². The highest BCUT2D eigenvalue weighted by Gasteiger charge is 2.29. The maximum atomic E-state index is 13.7. The van der Waals surface area contributed by atoms with Crippen LogP contribution >= 0.6 is 0 Å². The van der Waals surface area contributed by atoms with Gasteiger partial charge in [0.05, 0.1) is 5.69 Å². The number of piperidine rings is 2. The molecule has 5 heteroatoms. The lowest BCUT2D eigenvalue weighted by molar-refractivity contribution is -0.116. The monoisotopic (exact) mass is 423 g/mol. The molecule has 2 aromatic carbocycles. The van der Waals surface area contributed by atoms with Crippen LogP contribution in [-0.4, -0.2) is 43.0 Å². The number of nitrogens with zero attached hydrogens (tertiary/aromatic N) is 2. The molecule has 2 aromatic rings. The topological polar surface area (TPSA) is 35.6 Å². The van der Waals surface area contributed by atoms with Crippen LogP contribution in [0.25, 0.3) is 0 Å². The van der Waals surface area contributed by atoms with Gasteiger partial charge in [-0.05, 0) is 75.3 Å². The molecule has 0 aromatic heterocycles. The van der Waals surface area contributed by atoms with Crippen LogP contribution in [0, 0.1) is 18.7 Å². The van der Waals surface area contributed by atoms with E-state index in [4.69, 9.17) is 0 Å². The zero-order valence-electron chi connectivity index (χ0n) is 18.5. The minimum Gasteiger partial charge on any atom is -0.371 e. The maximum Gasteiger partial charge on any atom is 0.224 e. The Morgan fingerprint density at radius 1 is 1.03 bits per heavy atom. The largest absolute Gasteiger partial charge is 0.371 e.